The minimum absolute atomic E-state index is 0.115. The second-order valence-electron chi connectivity index (χ2n) is 6.76. The Balaban J connectivity index is 1.81. The number of nitrogens with zero attached hydrogens (tertiary/aromatic N) is 5. The van der Waals surface area contributed by atoms with Gasteiger partial charge in [-0.1, -0.05) is 0 Å². The van der Waals surface area contributed by atoms with Gasteiger partial charge in [-0.15, -0.1) is 0 Å². The number of hydrogen-bond donors (Lipinski definition) is 1. The second-order valence-corrected chi connectivity index (χ2v) is 6.76. The number of nitrogen functional groups attached to an aromatic ring is 1. The van der Waals surface area contributed by atoms with Gasteiger partial charge in [0.2, 0.25) is 5.71 Å². The molecule has 154 valence electrons. The van der Waals surface area contributed by atoms with E-state index in [0.717, 1.165) is 12.3 Å². The molecule has 8 nitrogen and oxygen atoms in total. The third-order valence-corrected chi connectivity index (χ3v) is 4.85. The molecule has 0 aromatic carbocycles. The maximum Gasteiger partial charge on any atom is 0.417 e. The van der Waals surface area contributed by atoms with Crippen molar-refractivity contribution in [2.75, 3.05) is 36.9 Å². The normalized spacial score (nSPS) is 15.2. The summed E-state index contributed by atoms with van der Waals surface area (Å²) in [6, 6.07) is 4.24. The summed E-state index contributed by atoms with van der Waals surface area (Å²) in [6.07, 6.45) is -2.04. The predicted octanol–water partition coefficient (Wildman–Crippen LogP) is 3.27. The number of halogens is 3. The van der Waals surface area contributed by atoms with Crippen molar-refractivity contribution in [2.45, 2.75) is 6.18 Å². The molecule has 4 aromatic rings. The first-order valence-electron chi connectivity index (χ1n) is 9.13. The molecule has 5 rings (SSSR count). The molecule has 1 aliphatic rings. The topological polar surface area (TPSA) is 103 Å². The summed E-state index contributed by atoms with van der Waals surface area (Å²) in [5.41, 5.74) is 5.38. The van der Waals surface area contributed by atoms with Gasteiger partial charge in [-0.2, -0.15) is 13.2 Å². The van der Waals surface area contributed by atoms with Crippen molar-refractivity contribution in [1.29, 1.82) is 0 Å². The maximum atomic E-state index is 13.7. The molecule has 30 heavy (non-hydrogen) atoms. The van der Waals surface area contributed by atoms with Crippen molar-refractivity contribution in [2.24, 2.45) is 0 Å². The lowest BCUT2D eigenvalue weighted by molar-refractivity contribution is -0.137. The lowest BCUT2D eigenvalue weighted by atomic mass is 10.1. The monoisotopic (exact) mass is 416 g/mol. The van der Waals surface area contributed by atoms with Gasteiger partial charge in [0.05, 0.1) is 24.2 Å². The van der Waals surface area contributed by atoms with E-state index in [9.17, 15) is 13.2 Å². The fraction of sp³-hybridized carbons (Fsp3) is 0.263. The second kappa shape index (κ2) is 6.80. The van der Waals surface area contributed by atoms with Crippen LogP contribution in [0.3, 0.4) is 0 Å². The van der Waals surface area contributed by atoms with E-state index < -0.39 is 11.7 Å². The van der Waals surface area contributed by atoms with Crippen LogP contribution in [0.2, 0.25) is 0 Å². The first kappa shape index (κ1) is 18.6. The Hall–Kier alpha value is -3.47. The molecule has 1 fully saturated rings. The van der Waals surface area contributed by atoms with Gasteiger partial charge in [0, 0.05) is 31.0 Å². The van der Waals surface area contributed by atoms with Crippen LogP contribution in [-0.4, -0.2) is 46.2 Å². The van der Waals surface area contributed by atoms with Crippen LogP contribution in [0.1, 0.15) is 5.56 Å². The first-order valence-corrected chi connectivity index (χ1v) is 9.13. The number of anilines is 2. The molecule has 0 radical (unpaired) electrons. The molecule has 1 saturated heterocycles. The zero-order valence-electron chi connectivity index (χ0n) is 15.5. The van der Waals surface area contributed by atoms with Crippen molar-refractivity contribution < 1.29 is 22.3 Å². The zero-order chi connectivity index (χ0) is 20.9. The molecular formula is C19H15F3N6O2. The molecule has 2 N–H and O–H groups in total. The third-order valence-electron chi connectivity index (χ3n) is 4.85. The van der Waals surface area contributed by atoms with Gasteiger partial charge >= 0.3 is 6.18 Å². The molecule has 0 atom stereocenters. The summed E-state index contributed by atoms with van der Waals surface area (Å²) < 4.78 is 52.3. The standard InChI is InChI=1S/C19H15F3N6O2/c20-19(21,22)12-8-13(23)25-9-11(12)16-26-14-10-2-1-3-24-18(10)30-15(14)17(27-16)28-4-6-29-7-5-28/h1-3,8-9H,4-7H2,(H2,23,25). The smallest absolute Gasteiger partial charge is 0.417 e. The fourth-order valence-corrected chi connectivity index (χ4v) is 3.46. The number of rotatable bonds is 2. The maximum absolute atomic E-state index is 13.7. The highest BCUT2D eigenvalue weighted by molar-refractivity contribution is 6.05. The average molecular weight is 416 g/mol. The highest BCUT2D eigenvalue weighted by Gasteiger charge is 2.36. The van der Waals surface area contributed by atoms with E-state index >= 15 is 0 Å². The number of furan rings is 1. The van der Waals surface area contributed by atoms with Crippen LogP contribution >= 0.6 is 0 Å². The number of alkyl halides is 3. The number of hydrogen-bond acceptors (Lipinski definition) is 8. The van der Waals surface area contributed by atoms with Crippen LogP contribution in [0.5, 0.6) is 0 Å². The van der Waals surface area contributed by atoms with E-state index in [1.54, 1.807) is 18.3 Å². The predicted molar refractivity (Wildman–Crippen MR) is 103 cm³/mol. The number of pyridine rings is 2. The molecule has 11 heteroatoms. The average Bonchev–Trinajstić information content (AvgIpc) is 3.12. The molecule has 0 saturated carbocycles. The Morgan fingerprint density at radius 3 is 2.67 bits per heavy atom. The van der Waals surface area contributed by atoms with Gasteiger partial charge in [-0.05, 0) is 18.2 Å². The van der Waals surface area contributed by atoms with Crippen LogP contribution in [-0.2, 0) is 10.9 Å². The SMILES string of the molecule is Nc1cc(C(F)(F)F)c(-c2nc(N3CCOCC3)c3oc4ncccc4c3n2)cn1. The van der Waals surface area contributed by atoms with E-state index in [4.69, 9.17) is 14.9 Å². The molecule has 0 aliphatic carbocycles. The van der Waals surface area contributed by atoms with Crippen molar-refractivity contribution in [3.05, 3.63) is 36.2 Å². The lowest BCUT2D eigenvalue weighted by Crippen LogP contribution is -2.37. The third kappa shape index (κ3) is 3.07. The molecular weight excluding hydrogens is 401 g/mol. The van der Waals surface area contributed by atoms with Gasteiger partial charge in [-0.25, -0.2) is 19.9 Å². The Bertz CT molecular complexity index is 1250. The largest absolute Gasteiger partial charge is 0.432 e. The van der Waals surface area contributed by atoms with Gasteiger partial charge < -0.3 is 19.8 Å². The highest BCUT2D eigenvalue weighted by atomic mass is 19.4. The number of morpholine rings is 1. The molecule has 4 aromatic heterocycles. The van der Waals surface area contributed by atoms with Gasteiger partial charge in [0.15, 0.2) is 17.2 Å². The number of fused-ring (bicyclic) bond motifs is 3. The van der Waals surface area contributed by atoms with Crippen molar-refractivity contribution >= 4 is 33.8 Å². The van der Waals surface area contributed by atoms with E-state index in [0.29, 0.717) is 54.3 Å². The number of ether oxygens (including phenoxy) is 1. The van der Waals surface area contributed by atoms with Crippen LogP contribution < -0.4 is 10.6 Å². The van der Waals surface area contributed by atoms with Crippen molar-refractivity contribution in [3.63, 3.8) is 0 Å². The van der Waals surface area contributed by atoms with E-state index in [-0.39, 0.29) is 17.2 Å². The Kier molecular flexibility index (Phi) is 4.21. The van der Waals surface area contributed by atoms with Crippen LogP contribution in [0.25, 0.3) is 33.6 Å². The van der Waals surface area contributed by atoms with Crippen LogP contribution in [0, 0.1) is 0 Å². The van der Waals surface area contributed by atoms with E-state index in [1.807, 2.05) is 4.90 Å². The summed E-state index contributed by atoms with van der Waals surface area (Å²) in [4.78, 5) is 18.8. The van der Waals surface area contributed by atoms with E-state index in [1.165, 1.54) is 0 Å². The molecule has 5 heterocycles. The van der Waals surface area contributed by atoms with Crippen molar-refractivity contribution in [3.8, 4) is 11.4 Å². The zero-order valence-corrected chi connectivity index (χ0v) is 15.5. The van der Waals surface area contributed by atoms with Crippen LogP contribution in [0.4, 0.5) is 24.8 Å². The Morgan fingerprint density at radius 1 is 1.10 bits per heavy atom. The fourth-order valence-electron chi connectivity index (χ4n) is 3.46. The molecule has 0 spiro atoms. The summed E-state index contributed by atoms with van der Waals surface area (Å²) >= 11 is 0. The summed E-state index contributed by atoms with van der Waals surface area (Å²) in [6.45, 7) is 1.97. The van der Waals surface area contributed by atoms with Gasteiger partial charge in [0.1, 0.15) is 11.3 Å². The van der Waals surface area contributed by atoms with E-state index in [2.05, 4.69) is 19.9 Å². The highest BCUT2D eigenvalue weighted by Crippen LogP contribution is 2.39. The molecule has 0 unspecified atom stereocenters. The summed E-state index contributed by atoms with van der Waals surface area (Å²) in [5, 5.41) is 0.586. The minimum atomic E-state index is -4.65. The Morgan fingerprint density at radius 2 is 1.90 bits per heavy atom. The quantitative estimate of drug-likeness (QED) is 0.531. The summed E-state index contributed by atoms with van der Waals surface area (Å²) in [5.74, 6) is 0.0372. The van der Waals surface area contributed by atoms with Crippen LogP contribution in [0.15, 0.2) is 35.0 Å². The minimum Gasteiger partial charge on any atom is -0.432 e. The van der Waals surface area contributed by atoms with Gasteiger partial charge in [0.25, 0.3) is 0 Å². The number of nitrogens with two attached hydrogens (primary N) is 1. The number of aromatic nitrogens is 4. The van der Waals surface area contributed by atoms with Gasteiger partial charge in [-0.3, -0.25) is 0 Å². The summed E-state index contributed by atoms with van der Waals surface area (Å²) in [7, 11) is 0. The molecule has 1 aliphatic heterocycles. The first-order chi connectivity index (χ1) is 14.4. The van der Waals surface area contributed by atoms with Crippen molar-refractivity contribution in [1.82, 2.24) is 19.9 Å². The lowest BCUT2D eigenvalue weighted by Gasteiger charge is -2.28. The molecule has 0 amide bonds. The Labute approximate surface area is 167 Å². The molecule has 0 bridgehead atoms.